The molecule has 0 saturated carbocycles. The van der Waals surface area contributed by atoms with Gasteiger partial charge in [0.2, 0.25) is 0 Å². The van der Waals surface area contributed by atoms with Gasteiger partial charge in [-0.25, -0.2) is 14.8 Å². The van der Waals surface area contributed by atoms with Gasteiger partial charge in [0.1, 0.15) is 17.9 Å². The molecule has 0 atom stereocenters. The van der Waals surface area contributed by atoms with Crippen LogP contribution in [0.4, 0.5) is 22.0 Å². The maximum absolute atomic E-state index is 13.0. The van der Waals surface area contributed by atoms with Crippen molar-refractivity contribution in [3.05, 3.63) is 81.8 Å². The molecule has 2 aromatic carbocycles. The summed E-state index contributed by atoms with van der Waals surface area (Å²) >= 11 is 0. The second-order valence-corrected chi connectivity index (χ2v) is 7.35. The number of ether oxygens (including phenoxy) is 1. The van der Waals surface area contributed by atoms with Crippen LogP contribution in [0.1, 0.15) is 16.8 Å². The molecule has 32 heavy (non-hydrogen) atoms. The Labute approximate surface area is 184 Å². The number of anilines is 2. The second-order valence-electron chi connectivity index (χ2n) is 7.35. The van der Waals surface area contributed by atoms with Gasteiger partial charge in [-0.2, -0.15) is 0 Å². The number of methoxy groups -OCH3 is 1. The number of nitro groups is 1. The Kier molecular flexibility index (Phi) is 5.84. The maximum Gasteiger partial charge on any atom is 0.324 e. The highest BCUT2D eigenvalue weighted by molar-refractivity contribution is 5.92. The maximum atomic E-state index is 13.0. The van der Waals surface area contributed by atoms with Crippen LogP contribution in [0.2, 0.25) is 0 Å². The van der Waals surface area contributed by atoms with Gasteiger partial charge in [-0.1, -0.05) is 12.1 Å². The molecule has 1 aliphatic heterocycles. The molecule has 0 aliphatic carbocycles. The van der Waals surface area contributed by atoms with Crippen molar-refractivity contribution < 1.29 is 14.5 Å². The predicted octanol–water partition coefficient (Wildman–Crippen LogP) is 3.58. The summed E-state index contributed by atoms with van der Waals surface area (Å²) in [5, 5.41) is 14.3. The molecule has 1 N–H and O–H groups in total. The minimum atomic E-state index is -0.468. The number of nitrogens with one attached hydrogen (secondary N) is 1. The number of amides is 2. The molecule has 1 aromatic heterocycles. The molecule has 0 bridgehead atoms. The van der Waals surface area contributed by atoms with Crippen LogP contribution in [-0.2, 0) is 19.6 Å². The van der Waals surface area contributed by atoms with Crippen LogP contribution < -0.4 is 15.0 Å². The number of rotatable bonds is 6. The lowest BCUT2D eigenvalue weighted by Gasteiger charge is -2.25. The standard InChI is InChI=1S/C22H22N6O4/c1-26-13-20-19(12-27(22(26)29)16-6-8-17(9-7-16)28(30)31)21(25-14-24-20)23-11-15-4-3-5-18(10-15)32-2/h3-10,14H,11-13H2,1-2H3,(H,23,24,25). The van der Waals surface area contributed by atoms with E-state index in [0.29, 0.717) is 24.6 Å². The molecule has 0 fully saturated rings. The van der Waals surface area contributed by atoms with Crippen molar-refractivity contribution in [3.63, 3.8) is 0 Å². The van der Waals surface area contributed by atoms with Gasteiger partial charge in [-0.3, -0.25) is 15.0 Å². The van der Waals surface area contributed by atoms with Crippen LogP contribution in [0.15, 0.2) is 54.9 Å². The summed E-state index contributed by atoms with van der Waals surface area (Å²) in [6.07, 6.45) is 1.48. The highest BCUT2D eigenvalue weighted by Crippen LogP contribution is 2.29. The average Bonchev–Trinajstić information content (AvgIpc) is 2.94. The number of hydrogen-bond donors (Lipinski definition) is 1. The third-order valence-corrected chi connectivity index (χ3v) is 5.26. The number of carbonyl (C=O) groups excluding carboxylic acids is 1. The zero-order valence-corrected chi connectivity index (χ0v) is 17.7. The number of nitrogens with zero attached hydrogens (tertiary/aromatic N) is 5. The zero-order valence-electron chi connectivity index (χ0n) is 17.7. The zero-order chi connectivity index (χ0) is 22.7. The monoisotopic (exact) mass is 434 g/mol. The van der Waals surface area contributed by atoms with Crippen molar-refractivity contribution in [2.24, 2.45) is 0 Å². The average molecular weight is 434 g/mol. The van der Waals surface area contributed by atoms with E-state index in [2.05, 4.69) is 15.3 Å². The van der Waals surface area contributed by atoms with Gasteiger partial charge in [0.15, 0.2) is 0 Å². The molecule has 4 rings (SSSR count). The van der Waals surface area contributed by atoms with Crippen LogP contribution in [0.25, 0.3) is 0 Å². The van der Waals surface area contributed by atoms with Crippen molar-refractivity contribution in [2.45, 2.75) is 19.6 Å². The molecule has 2 amide bonds. The van der Waals surface area contributed by atoms with E-state index < -0.39 is 4.92 Å². The Bertz CT molecular complexity index is 1150. The van der Waals surface area contributed by atoms with E-state index in [1.54, 1.807) is 36.1 Å². The number of hydrogen-bond acceptors (Lipinski definition) is 7. The molecule has 0 saturated heterocycles. The van der Waals surface area contributed by atoms with E-state index in [-0.39, 0.29) is 18.3 Å². The van der Waals surface area contributed by atoms with Crippen molar-refractivity contribution in [2.75, 3.05) is 24.4 Å². The summed E-state index contributed by atoms with van der Waals surface area (Å²) in [6, 6.07) is 13.4. The van der Waals surface area contributed by atoms with Crippen LogP contribution in [0.3, 0.4) is 0 Å². The summed E-state index contributed by atoms with van der Waals surface area (Å²) in [5.74, 6) is 1.40. The second kappa shape index (κ2) is 8.88. The molecule has 164 valence electrons. The van der Waals surface area contributed by atoms with Gasteiger partial charge in [0.25, 0.3) is 5.69 Å². The third-order valence-electron chi connectivity index (χ3n) is 5.26. The molecule has 0 radical (unpaired) electrons. The normalized spacial score (nSPS) is 13.4. The molecule has 10 nitrogen and oxygen atoms in total. The van der Waals surface area contributed by atoms with E-state index in [0.717, 1.165) is 22.6 Å². The Morgan fingerprint density at radius 3 is 2.66 bits per heavy atom. The Morgan fingerprint density at radius 1 is 1.16 bits per heavy atom. The molecule has 2 heterocycles. The largest absolute Gasteiger partial charge is 0.497 e. The molecule has 10 heteroatoms. The van der Waals surface area contributed by atoms with Crippen molar-refractivity contribution in [1.29, 1.82) is 0 Å². The fourth-order valence-electron chi connectivity index (χ4n) is 3.55. The Morgan fingerprint density at radius 2 is 1.94 bits per heavy atom. The number of non-ortho nitro benzene ring substituents is 1. The first-order valence-electron chi connectivity index (χ1n) is 9.93. The minimum absolute atomic E-state index is 0.0336. The Balaban J connectivity index is 1.63. The number of benzene rings is 2. The van der Waals surface area contributed by atoms with Crippen molar-refractivity contribution in [1.82, 2.24) is 14.9 Å². The lowest BCUT2D eigenvalue weighted by Crippen LogP contribution is -2.38. The van der Waals surface area contributed by atoms with E-state index in [4.69, 9.17) is 4.74 Å². The molecule has 3 aromatic rings. The summed E-state index contributed by atoms with van der Waals surface area (Å²) in [4.78, 5) is 35.5. The summed E-state index contributed by atoms with van der Waals surface area (Å²) in [7, 11) is 3.32. The van der Waals surface area contributed by atoms with Gasteiger partial charge in [0, 0.05) is 37.0 Å². The van der Waals surface area contributed by atoms with Gasteiger partial charge in [0.05, 0.1) is 30.8 Å². The Hall–Kier alpha value is -4.21. The quantitative estimate of drug-likeness (QED) is 0.466. The number of carbonyl (C=O) groups is 1. The summed E-state index contributed by atoms with van der Waals surface area (Å²) in [6.45, 7) is 1.08. The molecular weight excluding hydrogens is 412 g/mol. The van der Waals surface area contributed by atoms with Crippen LogP contribution in [-0.4, -0.2) is 40.0 Å². The van der Waals surface area contributed by atoms with Crippen LogP contribution in [0.5, 0.6) is 5.75 Å². The SMILES string of the molecule is COc1cccc(CNc2ncnc3c2CN(c2ccc([N+](=O)[O-])cc2)C(=O)N(C)C3)c1. The molecule has 1 aliphatic rings. The first-order valence-corrected chi connectivity index (χ1v) is 9.93. The number of aromatic nitrogens is 2. The van der Waals surface area contributed by atoms with Crippen molar-refractivity contribution in [3.8, 4) is 5.75 Å². The van der Waals surface area contributed by atoms with Gasteiger partial charge >= 0.3 is 6.03 Å². The van der Waals surface area contributed by atoms with Crippen LogP contribution in [0, 0.1) is 10.1 Å². The van der Waals surface area contributed by atoms with Gasteiger partial charge in [-0.05, 0) is 29.8 Å². The van der Waals surface area contributed by atoms with Crippen LogP contribution >= 0.6 is 0 Å². The van der Waals surface area contributed by atoms with E-state index in [1.807, 2.05) is 24.3 Å². The first-order chi connectivity index (χ1) is 15.5. The summed E-state index contributed by atoms with van der Waals surface area (Å²) in [5.41, 5.74) is 3.09. The van der Waals surface area contributed by atoms with Gasteiger partial charge < -0.3 is 15.0 Å². The molecule has 0 spiro atoms. The number of urea groups is 1. The fraction of sp³-hybridized carbons (Fsp3) is 0.227. The van der Waals surface area contributed by atoms with E-state index >= 15 is 0 Å². The first kappa shape index (κ1) is 21.0. The van der Waals surface area contributed by atoms with Crippen molar-refractivity contribution >= 4 is 23.2 Å². The highest BCUT2D eigenvalue weighted by atomic mass is 16.6. The predicted molar refractivity (Wildman–Crippen MR) is 118 cm³/mol. The van der Waals surface area contributed by atoms with Gasteiger partial charge in [-0.15, -0.1) is 0 Å². The lowest BCUT2D eigenvalue weighted by molar-refractivity contribution is -0.384. The number of nitro benzene ring substituents is 1. The highest BCUT2D eigenvalue weighted by Gasteiger charge is 2.28. The smallest absolute Gasteiger partial charge is 0.324 e. The lowest BCUT2D eigenvalue weighted by atomic mass is 10.1. The minimum Gasteiger partial charge on any atom is -0.497 e. The summed E-state index contributed by atoms with van der Waals surface area (Å²) < 4.78 is 5.28. The number of fused-ring (bicyclic) bond motifs is 1. The van der Waals surface area contributed by atoms with E-state index in [9.17, 15) is 14.9 Å². The molecular formula is C22H22N6O4. The fourth-order valence-corrected chi connectivity index (χ4v) is 3.55. The topological polar surface area (TPSA) is 114 Å². The molecule has 0 unspecified atom stereocenters. The third kappa shape index (κ3) is 4.29. The van der Waals surface area contributed by atoms with E-state index in [1.165, 1.54) is 18.5 Å².